The molecular formula is C24H32O5S. The summed E-state index contributed by atoms with van der Waals surface area (Å²) in [5.41, 5.74) is 1.12. The number of ether oxygens (including phenoxy) is 2. The third kappa shape index (κ3) is 3.53. The van der Waals surface area contributed by atoms with Crippen LogP contribution in [-0.4, -0.2) is 41.6 Å². The van der Waals surface area contributed by atoms with E-state index in [1.54, 1.807) is 0 Å². The third-order valence-corrected chi connectivity index (χ3v) is 8.75. The molecule has 164 valence electrons. The van der Waals surface area contributed by atoms with E-state index >= 15 is 0 Å². The van der Waals surface area contributed by atoms with Crippen molar-refractivity contribution in [3.63, 3.8) is 0 Å². The van der Waals surface area contributed by atoms with Crippen LogP contribution in [0.4, 0.5) is 0 Å². The average Bonchev–Trinajstić information content (AvgIpc) is 3.38. The number of thiophene rings is 1. The smallest absolute Gasteiger partial charge is 0.337 e. The van der Waals surface area contributed by atoms with E-state index in [-0.39, 0.29) is 29.8 Å². The number of allylic oxidation sites excluding steroid dienone is 1. The first-order valence-electron chi connectivity index (χ1n) is 10.8. The van der Waals surface area contributed by atoms with Crippen molar-refractivity contribution >= 4 is 17.3 Å². The van der Waals surface area contributed by atoms with Crippen LogP contribution in [0.1, 0.15) is 46.0 Å². The number of hydrogen-bond acceptors (Lipinski definition) is 6. The molecule has 0 amide bonds. The van der Waals surface area contributed by atoms with Crippen molar-refractivity contribution in [1.29, 1.82) is 0 Å². The van der Waals surface area contributed by atoms with Gasteiger partial charge in [0.05, 0.1) is 18.3 Å². The molecule has 0 aromatic carbocycles. The summed E-state index contributed by atoms with van der Waals surface area (Å²) in [5, 5.41) is 23.7. The summed E-state index contributed by atoms with van der Waals surface area (Å²) in [7, 11) is 0. The number of cyclic esters (lactones) is 1. The van der Waals surface area contributed by atoms with Gasteiger partial charge < -0.3 is 19.7 Å². The van der Waals surface area contributed by atoms with Crippen molar-refractivity contribution in [3.8, 4) is 5.06 Å². The molecule has 30 heavy (non-hydrogen) atoms. The molecule has 2 fully saturated rings. The van der Waals surface area contributed by atoms with Gasteiger partial charge in [0.25, 0.3) is 0 Å². The molecule has 1 unspecified atom stereocenters. The number of carbonyl (C=O) groups is 1. The number of hydrogen-bond donors (Lipinski definition) is 2. The minimum atomic E-state index is -0.526. The highest BCUT2D eigenvalue weighted by atomic mass is 32.1. The van der Waals surface area contributed by atoms with Crippen molar-refractivity contribution in [2.45, 2.75) is 58.2 Å². The Hall–Kier alpha value is -1.63. The first-order valence-corrected chi connectivity index (χ1v) is 11.7. The van der Waals surface area contributed by atoms with Gasteiger partial charge in [-0.15, -0.1) is 11.3 Å². The van der Waals surface area contributed by atoms with E-state index in [9.17, 15) is 15.0 Å². The number of aliphatic hydroxyl groups excluding tert-OH is 2. The zero-order valence-corrected chi connectivity index (χ0v) is 18.6. The van der Waals surface area contributed by atoms with Gasteiger partial charge in [0, 0.05) is 5.41 Å². The second kappa shape index (κ2) is 8.13. The first-order chi connectivity index (χ1) is 14.3. The van der Waals surface area contributed by atoms with E-state index in [1.807, 2.05) is 30.5 Å². The molecule has 2 N–H and O–H groups in total. The number of rotatable bonds is 6. The van der Waals surface area contributed by atoms with Crippen molar-refractivity contribution in [3.05, 3.63) is 41.3 Å². The summed E-state index contributed by atoms with van der Waals surface area (Å²) in [6.07, 6.45) is 4.88. The van der Waals surface area contributed by atoms with E-state index < -0.39 is 17.6 Å². The topological polar surface area (TPSA) is 76.0 Å². The average molecular weight is 433 g/mol. The fourth-order valence-electron chi connectivity index (χ4n) is 6.20. The molecule has 0 radical (unpaired) electrons. The highest BCUT2D eigenvalue weighted by Gasteiger charge is 2.58. The molecule has 2 aliphatic carbocycles. The summed E-state index contributed by atoms with van der Waals surface area (Å²) in [6.45, 7) is 8.96. The van der Waals surface area contributed by atoms with Gasteiger partial charge in [-0.05, 0) is 72.9 Å². The van der Waals surface area contributed by atoms with Crippen LogP contribution in [0.2, 0.25) is 0 Å². The standard InChI is InChI=1S/C24H32O5S/c1-15-6-7-19-23(2,10-8-20(26)24(19,3)14-25)17(15)13-18(16-9-11-28-22(16)27)29-21-5-4-12-30-21/h4-5,9,12,17-20,25-26H,1,6-8,10-11,13-14H2,2-3H3/t17-,18?,19+,20-,23+,24+/m1/s1. The van der Waals surface area contributed by atoms with E-state index in [4.69, 9.17) is 9.47 Å². The Labute approximate surface area is 182 Å². The van der Waals surface area contributed by atoms with Crippen molar-refractivity contribution in [1.82, 2.24) is 0 Å². The zero-order chi connectivity index (χ0) is 21.5. The van der Waals surface area contributed by atoms with Crippen LogP contribution < -0.4 is 4.74 Å². The lowest BCUT2D eigenvalue weighted by molar-refractivity contribution is -0.154. The van der Waals surface area contributed by atoms with E-state index in [0.717, 1.165) is 24.3 Å². The Bertz CT molecular complexity index is 831. The van der Waals surface area contributed by atoms with Crippen LogP contribution in [0.3, 0.4) is 0 Å². The summed E-state index contributed by atoms with van der Waals surface area (Å²) in [4.78, 5) is 12.4. The van der Waals surface area contributed by atoms with Gasteiger partial charge in [0.15, 0.2) is 5.06 Å². The molecule has 2 heterocycles. The van der Waals surface area contributed by atoms with Gasteiger partial charge in [0.1, 0.15) is 12.7 Å². The Kier molecular flexibility index (Phi) is 5.86. The summed E-state index contributed by atoms with van der Waals surface area (Å²) in [6, 6.07) is 3.85. The van der Waals surface area contributed by atoms with Crippen molar-refractivity contribution in [2.24, 2.45) is 22.7 Å². The molecule has 5 nitrogen and oxygen atoms in total. The number of aliphatic hydroxyl groups is 2. The predicted octanol–water partition coefficient (Wildman–Crippen LogP) is 4.11. The van der Waals surface area contributed by atoms with E-state index in [2.05, 4.69) is 13.5 Å². The fourth-order valence-corrected chi connectivity index (χ4v) is 6.82. The second-order valence-corrected chi connectivity index (χ2v) is 10.5. The largest absolute Gasteiger partial charge is 0.476 e. The van der Waals surface area contributed by atoms with Crippen molar-refractivity contribution in [2.75, 3.05) is 13.2 Å². The molecule has 0 bridgehead atoms. The lowest BCUT2D eigenvalue weighted by atomic mass is 9.46. The summed E-state index contributed by atoms with van der Waals surface area (Å²) >= 11 is 1.51. The molecule has 6 atom stereocenters. The molecule has 1 aromatic heterocycles. The Morgan fingerprint density at radius 2 is 2.20 bits per heavy atom. The van der Waals surface area contributed by atoms with E-state index in [1.165, 1.54) is 16.9 Å². The Morgan fingerprint density at radius 3 is 2.83 bits per heavy atom. The van der Waals surface area contributed by atoms with Crippen LogP contribution in [0.5, 0.6) is 5.06 Å². The molecule has 1 aliphatic heterocycles. The molecule has 1 aromatic rings. The highest BCUT2D eigenvalue weighted by molar-refractivity contribution is 7.11. The Balaban J connectivity index is 1.66. The monoisotopic (exact) mass is 432 g/mol. The molecule has 4 rings (SSSR count). The first kappa shape index (κ1) is 21.6. The predicted molar refractivity (Wildman–Crippen MR) is 116 cm³/mol. The molecule has 2 saturated carbocycles. The summed E-state index contributed by atoms with van der Waals surface area (Å²) < 4.78 is 11.5. The molecule has 0 saturated heterocycles. The van der Waals surface area contributed by atoms with Crippen LogP contribution in [0.15, 0.2) is 41.3 Å². The van der Waals surface area contributed by atoms with Crippen LogP contribution in [0, 0.1) is 22.7 Å². The highest BCUT2D eigenvalue weighted by Crippen LogP contribution is 2.62. The maximum Gasteiger partial charge on any atom is 0.337 e. The lowest BCUT2D eigenvalue weighted by Gasteiger charge is -2.60. The maximum absolute atomic E-state index is 12.4. The molecule has 0 spiro atoms. The minimum absolute atomic E-state index is 0.0276. The van der Waals surface area contributed by atoms with Gasteiger partial charge in [0.2, 0.25) is 0 Å². The quantitative estimate of drug-likeness (QED) is 0.523. The van der Waals surface area contributed by atoms with Crippen LogP contribution in [0.25, 0.3) is 0 Å². The van der Waals surface area contributed by atoms with Gasteiger partial charge in [-0.25, -0.2) is 4.79 Å². The van der Waals surface area contributed by atoms with Gasteiger partial charge in [-0.3, -0.25) is 0 Å². The fraction of sp³-hybridized carbons (Fsp3) is 0.625. The molecular weight excluding hydrogens is 400 g/mol. The number of esters is 1. The summed E-state index contributed by atoms with van der Waals surface area (Å²) in [5.74, 6) is 0.00831. The van der Waals surface area contributed by atoms with Crippen LogP contribution >= 0.6 is 11.3 Å². The number of carbonyl (C=O) groups excluding carboxylic acids is 1. The normalized spacial score (nSPS) is 37.3. The zero-order valence-electron chi connectivity index (χ0n) is 17.8. The second-order valence-electron chi connectivity index (χ2n) is 9.56. The van der Waals surface area contributed by atoms with Gasteiger partial charge in [-0.1, -0.05) is 26.0 Å². The minimum Gasteiger partial charge on any atom is -0.476 e. The Morgan fingerprint density at radius 1 is 1.40 bits per heavy atom. The van der Waals surface area contributed by atoms with E-state index in [0.29, 0.717) is 25.0 Å². The van der Waals surface area contributed by atoms with Crippen molar-refractivity contribution < 1.29 is 24.5 Å². The van der Waals surface area contributed by atoms with Crippen LogP contribution in [-0.2, 0) is 9.53 Å². The SMILES string of the molecule is C=C1CC[C@@H]2[C@](C)(CO)[C@H](O)CC[C@@]2(C)[C@@H]1CC(Oc1cccs1)C1=CCOC1=O. The molecule has 6 heteroatoms. The molecule has 3 aliphatic rings. The maximum atomic E-state index is 12.4. The lowest BCUT2D eigenvalue weighted by Crippen LogP contribution is -2.57. The number of fused-ring (bicyclic) bond motifs is 1. The third-order valence-electron chi connectivity index (χ3n) is 8.00. The van der Waals surface area contributed by atoms with Gasteiger partial charge in [-0.2, -0.15) is 0 Å². The van der Waals surface area contributed by atoms with Gasteiger partial charge >= 0.3 is 5.97 Å².